The van der Waals surface area contributed by atoms with E-state index in [2.05, 4.69) is 10.0 Å². The highest BCUT2D eigenvalue weighted by Crippen LogP contribution is 2.17. The highest BCUT2D eigenvalue weighted by molar-refractivity contribution is 7.89. The minimum atomic E-state index is -3.63. The molecule has 1 aliphatic heterocycles. The number of carbonyl (C=O) groups excluding carboxylic acids is 2. The molecule has 0 atom stereocenters. The normalized spacial score (nSPS) is 15.8. The van der Waals surface area contributed by atoms with Crippen LogP contribution in [0.25, 0.3) is 0 Å². The van der Waals surface area contributed by atoms with E-state index in [0.717, 1.165) is 0 Å². The van der Waals surface area contributed by atoms with Crippen molar-refractivity contribution in [1.82, 2.24) is 14.9 Å². The molecular weight excluding hydrogens is 418 g/mol. The summed E-state index contributed by atoms with van der Waals surface area (Å²) in [4.78, 5) is 25.7. The first kappa shape index (κ1) is 23.4. The van der Waals surface area contributed by atoms with Crippen LogP contribution < -0.4 is 10.0 Å². The number of sulfonamides is 1. The Hall–Kier alpha value is -1.84. The molecule has 2 rings (SSSR count). The average Bonchev–Trinajstić information content (AvgIpc) is 2.60. The largest absolute Gasteiger partial charge is 0.444 e. The summed E-state index contributed by atoms with van der Waals surface area (Å²) in [5.74, 6) is -0.0833. The Balaban J connectivity index is 1.75. The Labute approximate surface area is 177 Å². The molecule has 10 heteroatoms. The number of hydrogen-bond donors (Lipinski definition) is 2. The van der Waals surface area contributed by atoms with Crippen LogP contribution in [0.2, 0.25) is 5.02 Å². The second-order valence-electron chi connectivity index (χ2n) is 7.91. The van der Waals surface area contributed by atoms with Crippen LogP contribution in [0.4, 0.5) is 4.79 Å². The van der Waals surface area contributed by atoms with E-state index in [1.807, 2.05) is 0 Å². The third-order valence-corrected chi connectivity index (χ3v) is 6.09. The molecule has 1 aromatic rings. The minimum Gasteiger partial charge on any atom is -0.444 e. The molecule has 162 valence electrons. The fourth-order valence-corrected chi connectivity index (χ4v) is 4.32. The Morgan fingerprint density at radius 1 is 1.17 bits per heavy atom. The van der Waals surface area contributed by atoms with Gasteiger partial charge in [-0.1, -0.05) is 11.6 Å². The third-order valence-electron chi connectivity index (χ3n) is 4.30. The van der Waals surface area contributed by atoms with Gasteiger partial charge in [-0.15, -0.1) is 0 Å². The summed E-state index contributed by atoms with van der Waals surface area (Å²) < 4.78 is 32.7. The summed E-state index contributed by atoms with van der Waals surface area (Å²) in [7, 11) is -3.63. The molecule has 1 aliphatic rings. The van der Waals surface area contributed by atoms with Crippen molar-refractivity contribution in [1.29, 1.82) is 0 Å². The molecule has 1 aromatic carbocycles. The molecule has 29 heavy (non-hydrogen) atoms. The SMILES string of the molecule is CC(C)(C)OC(=O)NCCC(=O)N1CCC(NS(=O)(=O)c2ccc(Cl)cc2)CC1. The Kier molecular flexibility index (Phi) is 7.90. The van der Waals surface area contributed by atoms with Gasteiger partial charge in [0.05, 0.1) is 4.90 Å². The number of nitrogens with zero attached hydrogens (tertiary/aromatic N) is 1. The maximum atomic E-state index is 12.4. The summed E-state index contributed by atoms with van der Waals surface area (Å²) in [6, 6.07) is 5.74. The van der Waals surface area contributed by atoms with Crippen molar-refractivity contribution < 1.29 is 22.7 Å². The van der Waals surface area contributed by atoms with Gasteiger partial charge in [0.25, 0.3) is 0 Å². The zero-order valence-corrected chi connectivity index (χ0v) is 18.5. The summed E-state index contributed by atoms with van der Waals surface area (Å²) in [5.41, 5.74) is -0.588. The van der Waals surface area contributed by atoms with Crippen molar-refractivity contribution in [3.63, 3.8) is 0 Å². The van der Waals surface area contributed by atoms with E-state index < -0.39 is 21.7 Å². The third kappa shape index (κ3) is 7.83. The van der Waals surface area contributed by atoms with Gasteiger partial charge in [-0.05, 0) is 57.9 Å². The number of hydrogen-bond acceptors (Lipinski definition) is 5. The van der Waals surface area contributed by atoms with Gasteiger partial charge in [-0.3, -0.25) is 4.79 Å². The van der Waals surface area contributed by atoms with Gasteiger partial charge in [-0.2, -0.15) is 0 Å². The van der Waals surface area contributed by atoms with Crippen molar-refractivity contribution in [3.05, 3.63) is 29.3 Å². The second-order valence-corrected chi connectivity index (χ2v) is 10.1. The number of piperidine rings is 1. The summed E-state index contributed by atoms with van der Waals surface area (Å²) >= 11 is 5.80. The molecular formula is C19H28ClN3O5S. The molecule has 0 unspecified atom stereocenters. The van der Waals surface area contributed by atoms with E-state index in [9.17, 15) is 18.0 Å². The lowest BCUT2D eigenvalue weighted by atomic mass is 10.1. The topological polar surface area (TPSA) is 105 Å². The monoisotopic (exact) mass is 445 g/mol. The number of nitrogens with one attached hydrogen (secondary N) is 2. The van der Waals surface area contributed by atoms with E-state index in [0.29, 0.717) is 31.0 Å². The van der Waals surface area contributed by atoms with Gasteiger partial charge in [0.15, 0.2) is 0 Å². The molecule has 2 amide bonds. The number of amides is 2. The van der Waals surface area contributed by atoms with Gasteiger partial charge in [0, 0.05) is 37.1 Å². The standard InChI is InChI=1S/C19H28ClN3O5S/c1-19(2,3)28-18(25)21-11-8-17(24)23-12-9-15(10-13-23)22-29(26,27)16-6-4-14(20)5-7-16/h4-7,15,22H,8-13H2,1-3H3,(H,21,25). The second kappa shape index (κ2) is 9.77. The summed E-state index contributed by atoms with van der Waals surface area (Å²) in [6.45, 7) is 6.41. The van der Waals surface area contributed by atoms with E-state index in [-0.39, 0.29) is 29.8 Å². The predicted octanol–water partition coefficient (Wildman–Crippen LogP) is 2.52. The molecule has 0 spiro atoms. The summed E-state index contributed by atoms with van der Waals surface area (Å²) in [5, 5.41) is 3.03. The zero-order chi connectivity index (χ0) is 21.7. The van der Waals surface area contributed by atoms with E-state index in [1.165, 1.54) is 24.3 Å². The molecule has 0 saturated carbocycles. The maximum Gasteiger partial charge on any atom is 0.407 e. The lowest BCUT2D eigenvalue weighted by Gasteiger charge is -2.32. The lowest BCUT2D eigenvalue weighted by Crippen LogP contribution is -2.47. The van der Waals surface area contributed by atoms with Crippen LogP contribution in [0, 0.1) is 0 Å². The first-order valence-electron chi connectivity index (χ1n) is 9.49. The Morgan fingerprint density at radius 3 is 2.31 bits per heavy atom. The maximum absolute atomic E-state index is 12.4. The van der Waals surface area contributed by atoms with Gasteiger partial charge < -0.3 is 15.0 Å². The first-order valence-corrected chi connectivity index (χ1v) is 11.3. The number of ether oxygens (including phenoxy) is 1. The van der Waals surface area contributed by atoms with Gasteiger partial charge in [-0.25, -0.2) is 17.9 Å². The fraction of sp³-hybridized carbons (Fsp3) is 0.579. The zero-order valence-electron chi connectivity index (χ0n) is 16.9. The predicted molar refractivity (Wildman–Crippen MR) is 110 cm³/mol. The number of rotatable bonds is 6. The molecule has 0 radical (unpaired) electrons. The van der Waals surface area contributed by atoms with Crippen LogP contribution in [0.15, 0.2) is 29.2 Å². The molecule has 1 fully saturated rings. The fourth-order valence-electron chi connectivity index (χ4n) is 2.89. The molecule has 0 aliphatic carbocycles. The quantitative estimate of drug-likeness (QED) is 0.700. The number of carbonyl (C=O) groups is 2. The van der Waals surface area contributed by atoms with Gasteiger partial charge >= 0.3 is 6.09 Å². The van der Waals surface area contributed by atoms with Crippen LogP contribution in [0.5, 0.6) is 0 Å². The molecule has 1 saturated heterocycles. The van der Waals surface area contributed by atoms with Crippen molar-refractivity contribution in [3.8, 4) is 0 Å². The average molecular weight is 446 g/mol. The number of benzene rings is 1. The molecule has 0 bridgehead atoms. The van der Waals surface area contributed by atoms with Crippen LogP contribution in [0.3, 0.4) is 0 Å². The van der Waals surface area contributed by atoms with Crippen molar-refractivity contribution in [2.75, 3.05) is 19.6 Å². The molecule has 0 aromatic heterocycles. The van der Waals surface area contributed by atoms with E-state index >= 15 is 0 Å². The minimum absolute atomic E-state index is 0.0833. The van der Waals surface area contributed by atoms with Crippen LogP contribution in [0.1, 0.15) is 40.0 Å². The van der Waals surface area contributed by atoms with Crippen molar-refractivity contribution >= 4 is 33.6 Å². The molecule has 2 N–H and O–H groups in total. The molecule has 1 heterocycles. The van der Waals surface area contributed by atoms with Crippen LogP contribution in [-0.4, -0.2) is 56.6 Å². The van der Waals surface area contributed by atoms with E-state index in [1.54, 1.807) is 25.7 Å². The molecule has 8 nitrogen and oxygen atoms in total. The van der Waals surface area contributed by atoms with Crippen molar-refractivity contribution in [2.45, 2.75) is 56.6 Å². The number of halogens is 1. The number of likely N-dealkylation sites (tertiary alicyclic amines) is 1. The summed E-state index contributed by atoms with van der Waals surface area (Å²) in [6.07, 6.45) is 0.664. The Bertz CT molecular complexity index is 813. The van der Waals surface area contributed by atoms with Crippen molar-refractivity contribution in [2.24, 2.45) is 0 Å². The van der Waals surface area contributed by atoms with E-state index in [4.69, 9.17) is 16.3 Å². The Morgan fingerprint density at radius 2 is 1.76 bits per heavy atom. The first-order chi connectivity index (χ1) is 13.5. The van der Waals surface area contributed by atoms with Crippen LogP contribution >= 0.6 is 11.6 Å². The van der Waals surface area contributed by atoms with Crippen LogP contribution in [-0.2, 0) is 19.6 Å². The van der Waals surface area contributed by atoms with Gasteiger partial charge in [0.2, 0.25) is 15.9 Å². The van der Waals surface area contributed by atoms with Gasteiger partial charge in [0.1, 0.15) is 5.60 Å². The smallest absolute Gasteiger partial charge is 0.407 e. The number of alkyl carbamates (subject to hydrolysis) is 1. The highest BCUT2D eigenvalue weighted by atomic mass is 35.5. The highest BCUT2D eigenvalue weighted by Gasteiger charge is 2.26. The lowest BCUT2D eigenvalue weighted by molar-refractivity contribution is -0.132.